The molecule has 2 heterocycles. The van der Waals surface area contributed by atoms with Crippen LogP contribution in [0.2, 0.25) is 0 Å². The van der Waals surface area contributed by atoms with Crippen LogP contribution < -0.4 is 15.4 Å². The van der Waals surface area contributed by atoms with Crippen LogP contribution in [0.15, 0.2) is 23.2 Å². The van der Waals surface area contributed by atoms with E-state index in [0.717, 1.165) is 43.2 Å². The Kier molecular flexibility index (Phi) is 5.61. The van der Waals surface area contributed by atoms with Crippen molar-refractivity contribution in [2.45, 2.75) is 57.8 Å². The van der Waals surface area contributed by atoms with Crippen LogP contribution in [0, 0.1) is 6.92 Å². The fourth-order valence-electron chi connectivity index (χ4n) is 3.60. The Bertz CT molecular complexity index is 588. The second-order valence-corrected chi connectivity index (χ2v) is 6.68. The SMILES string of the molecule is CCNC(=NCCc1ccc(C)c(OC)c1)NC1CC2CCC1O2. The number of nitrogens with one attached hydrogen (secondary N) is 2. The Labute approximate surface area is 144 Å². The third kappa shape index (κ3) is 4.01. The molecule has 3 rings (SSSR count). The van der Waals surface area contributed by atoms with Crippen molar-refractivity contribution in [2.75, 3.05) is 20.2 Å². The summed E-state index contributed by atoms with van der Waals surface area (Å²) in [5.41, 5.74) is 2.41. The van der Waals surface area contributed by atoms with E-state index in [2.05, 4.69) is 42.7 Å². The van der Waals surface area contributed by atoms with Crippen LogP contribution in [0.3, 0.4) is 0 Å². The first-order chi connectivity index (χ1) is 11.7. The van der Waals surface area contributed by atoms with Crippen LogP contribution in [0.1, 0.15) is 37.3 Å². The summed E-state index contributed by atoms with van der Waals surface area (Å²) in [4.78, 5) is 4.73. The fraction of sp³-hybridized carbons (Fsp3) is 0.632. The zero-order chi connectivity index (χ0) is 16.9. The van der Waals surface area contributed by atoms with Crippen molar-refractivity contribution in [3.05, 3.63) is 29.3 Å². The summed E-state index contributed by atoms with van der Waals surface area (Å²) < 4.78 is 11.3. The van der Waals surface area contributed by atoms with Gasteiger partial charge in [0.15, 0.2) is 5.96 Å². The first-order valence-corrected chi connectivity index (χ1v) is 9.03. The minimum absolute atomic E-state index is 0.361. The molecule has 1 aromatic rings. The molecule has 0 amide bonds. The molecule has 0 radical (unpaired) electrons. The van der Waals surface area contributed by atoms with Crippen molar-refractivity contribution in [3.8, 4) is 5.75 Å². The van der Waals surface area contributed by atoms with E-state index in [1.165, 1.54) is 18.4 Å². The number of methoxy groups -OCH3 is 1. The number of guanidine groups is 1. The molecule has 2 bridgehead atoms. The molecule has 0 aromatic heterocycles. The van der Waals surface area contributed by atoms with Gasteiger partial charge in [0.05, 0.1) is 25.4 Å². The zero-order valence-electron chi connectivity index (χ0n) is 15.0. The lowest BCUT2D eigenvalue weighted by Gasteiger charge is -2.22. The number of benzene rings is 1. The van der Waals surface area contributed by atoms with Crippen LogP contribution in [-0.4, -0.2) is 44.4 Å². The number of aliphatic imine (C=N–C) groups is 1. The predicted octanol–water partition coefficient (Wildman–Crippen LogP) is 2.42. The monoisotopic (exact) mass is 331 g/mol. The van der Waals surface area contributed by atoms with Gasteiger partial charge in [0, 0.05) is 13.1 Å². The Morgan fingerprint density at radius 3 is 2.92 bits per heavy atom. The van der Waals surface area contributed by atoms with Crippen LogP contribution in [0.4, 0.5) is 0 Å². The summed E-state index contributed by atoms with van der Waals surface area (Å²) in [7, 11) is 1.72. The van der Waals surface area contributed by atoms with Gasteiger partial charge in [0.25, 0.3) is 0 Å². The van der Waals surface area contributed by atoms with Gasteiger partial charge >= 0.3 is 0 Å². The van der Waals surface area contributed by atoms with Gasteiger partial charge in [0.2, 0.25) is 0 Å². The van der Waals surface area contributed by atoms with Gasteiger partial charge in [-0.25, -0.2) is 0 Å². The fourth-order valence-corrected chi connectivity index (χ4v) is 3.60. The van der Waals surface area contributed by atoms with Crippen molar-refractivity contribution in [1.82, 2.24) is 10.6 Å². The molecule has 0 spiro atoms. The van der Waals surface area contributed by atoms with E-state index in [1.807, 2.05) is 0 Å². The molecule has 0 saturated carbocycles. The summed E-state index contributed by atoms with van der Waals surface area (Å²) in [6, 6.07) is 6.77. The first kappa shape index (κ1) is 17.1. The summed E-state index contributed by atoms with van der Waals surface area (Å²) in [6.45, 7) is 5.78. The van der Waals surface area contributed by atoms with E-state index in [9.17, 15) is 0 Å². The lowest BCUT2D eigenvalue weighted by molar-refractivity contribution is 0.0992. The van der Waals surface area contributed by atoms with E-state index in [0.29, 0.717) is 18.2 Å². The van der Waals surface area contributed by atoms with Crippen molar-refractivity contribution in [3.63, 3.8) is 0 Å². The Hall–Kier alpha value is -1.75. The van der Waals surface area contributed by atoms with Crippen molar-refractivity contribution >= 4 is 5.96 Å². The van der Waals surface area contributed by atoms with E-state index < -0.39 is 0 Å². The van der Waals surface area contributed by atoms with E-state index in [-0.39, 0.29) is 0 Å². The standard InChI is InChI=1S/C19H29N3O2/c1-4-20-19(22-16-12-15-7-8-17(16)24-15)21-10-9-14-6-5-13(2)18(11-14)23-3/h5-6,11,15-17H,4,7-10,12H2,1-3H3,(H2,20,21,22). The minimum Gasteiger partial charge on any atom is -0.496 e. The summed E-state index contributed by atoms with van der Waals surface area (Å²) >= 11 is 0. The van der Waals surface area contributed by atoms with Crippen molar-refractivity contribution in [2.24, 2.45) is 4.99 Å². The number of aryl methyl sites for hydroxylation is 1. The highest BCUT2D eigenvalue weighted by molar-refractivity contribution is 5.80. The predicted molar refractivity (Wildman–Crippen MR) is 96.8 cm³/mol. The van der Waals surface area contributed by atoms with Crippen LogP contribution in [-0.2, 0) is 11.2 Å². The molecule has 2 aliphatic heterocycles. The molecular weight excluding hydrogens is 302 g/mol. The van der Waals surface area contributed by atoms with Gasteiger partial charge in [-0.05, 0) is 56.7 Å². The molecule has 2 fully saturated rings. The highest BCUT2D eigenvalue weighted by Crippen LogP contribution is 2.34. The maximum Gasteiger partial charge on any atom is 0.191 e. The van der Waals surface area contributed by atoms with Crippen LogP contribution in [0.25, 0.3) is 0 Å². The number of fused-ring (bicyclic) bond motifs is 2. The number of rotatable bonds is 6. The second-order valence-electron chi connectivity index (χ2n) is 6.68. The average molecular weight is 331 g/mol. The highest BCUT2D eigenvalue weighted by atomic mass is 16.5. The average Bonchev–Trinajstić information content (AvgIpc) is 3.19. The molecule has 3 atom stereocenters. The van der Waals surface area contributed by atoms with Gasteiger partial charge in [0.1, 0.15) is 5.75 Å². The minimum atomic E-state index is 0.361. The second kappa shape index (κ2) is 7.88. The number of nitrogens with zero attached hydrogens (tertiary/aromatic N) is 1. The van der Waals surface area contributed by atoms with Crippen LogP contribution in [0.5, 0.6) is 5.75 Å². The molecule has 5 heteroatoms. The molecule has 1 aromatic carbocycles. The topological polar surface area (TPSA) is 54.9 Å². The maximum atomic E-state index is 5.92. The van der Waals surface area contributed by atoms with E-state index in [4.69, 9.17) is 14.5 Å². The van der Waals surface area contributed by atoms with Crippen molar-refractivity contribution in [1.29, 1.82) is 0 Å². The lowest BCUT2D eigenvalue weighted by Crippen LogP contribution is -2.47. The molecule has 3 unspecified atom stereocenters. The highest BCUT2D eigenvalue weighted by Gasteiger charge is 2.41. The third-order valence-corrected chi connectivity index (χ3v) is 4.92. The molecule has 2 saturated heterocycles. The quantitative estimate of drug-likeness (QED) is 0.621. The Morgan fingerprint density at radius 2 is 2.25 bits per heavy atom. The maximum absolute atomic E-state index is 5.92. The number of hydrogen-bond donors (Lipinski definition) is 2. The zero-order valence-corrected chi connectivity index (χ0v) is 15.0. The molecular formula is C19H29N3O2. The number of hydrogen-bond acceptors (Lipinski definition) is 3. The third-order valence-electron chi connectivity index (χ3n) is 4.92. The lowest BCUT2D eigenvalue weighted by atomic mass is 9.96. The molecule has 132 valence electrons. The van der Waals surface area contributed by atoms with Gasteiger partial charge in [-0.3, -0.25) is 4.99 Å². The van der Waals surface area contributed by atoms with Crippen molar-refractivity contribution < 1.29 is 9.47 Å². The van der Waals surface area contributed by atoms with Gasteiger partial charge < -0.3 is 20.1 Å². The normalized spacial score (nSPS) is 25.8. The first-order valence-electron chi connectivity index (χ1n) is 9.03. The molecule has 0 aliphatic carbocycles. The van der Waals surface area contributed by atoms with Gasteiger partial charge in [-0.2, -0.15) is 0 Å². The van der Waals surface area contributed by atoms with Gasteiger partial charge in [-0.15, -0.1) is 0 Å². The summed E-state index contributed by atoms with van der Waals surface area (Å²) in [5, 5.41) is 6.90. The van der Waals surface area contributed by atoms with E-state index in [1.54, 1.807) is 7.11 Å². The molecule has 2 aliphatic rings. The Balaban J connectivity index is 1.55. The molecule has 5 nitrogen and oxygen atoms in total. The smallest absolute Gasteiger partial charge is 0.191 e. The van der Waals surface area contributed by atoms with Crippen LogP contribution >= 0.6 is 0 Å². The Morgan fingerprint density at radius 1 is 1.38 bits per heavy atom. The molecule has 2 N–H and O–H groups in total. The number of ether oxygens (including phenoxy) is 2. The summed E-state index contributed by atoms with van der Waals surface area (Å²) in [6.07, 6.45) is 5.21. The van der Waals surface area contributed by atoms with E-state index >= 15 is 0 Å². The van der Waals surface area contributed by atoms with Gasteiger partial charge in [-0.1, -0.05) is 12.1 Å². The molecule has 24 heavy (non-hydrogen) atoms. The largest absolute Gasteiger partial charge is 0.496 e. The summed E-state index contributed by atoms with van der Waals surface area (Å²) in [5.74, 6) is 1.85.